The van der Waals surface area contributed by atoms with Crippen LogP contribution in [0.3, 0.4) is 0 Å². The smallest absolute Gasteiger partial charge is 0.0636 e. The molecule has 0 fully saturated rings. The van der Waals surface area contributed by atoms with Gasteiger partial charge in [-0.2, -0.15) is 0 Å². The summed E-state index contributed by atoms with van der Waals surface area (Å²) in [6, 6.07) is 0. The summed E-state index contributed by atoms with van der Waals surface area (Å²) in [6.07, 6.45) is -0.262. The third-order valence-corrected chi connectivity index (χ3v) is 0.923. The fraction of sp³-hybridized carbons (Fsp3) is 1.00. The molecule has 0 bridgehead atoms. The second-order valence-corrected chi connectivity index (χ2v) is 2.05. The normalized spacial score (nSPS) is 13.7. The van der Waals surface area contributed by atoms with Crippen molar-refractivity contribution < 1.29 is 9.84 Å². The van der Waals surface area contributed by atoms with Crippen molar-refractivity contribution in [1.82, 2.24) is 5.32 Å². The maximum Gasteiger partial charge on any atom is 0.0636 e. The van der Waals surface area contributed by atoms with Crippen LogP contribution in [-0.4, -0.2) is 38.0 Å². The van der Waals surface area contributed by atoms with Crippen LogP contribution in [0.25, 0.3) is 0 Å². The molecule has 0 aliphatic heterocycles. The molecule has 0 aromatic heterocycles. The molecule has 0 rings (SSSR count). The monoisotopic (exact) mass is 133 g/mol. The Hall–Kier alpha value is -0.120. The molecule has 0 aliphatic rings. The summed E-state index contributed by atoms with van der Waals surface area (Å²) in [7, 11) is 1.66. The van der Waals surface area contributed by atoms with E-state index < -0.39 is 0 Å². The standard InChI is InChI=1S/C6H15NO2/c1-6(8)5-7-3-4-9-2/h6-8H,3-5H2,1-2H3/t6-/m0/s1. The van der Waals surface area contributed by atoms with Crippen LogP contribution >= 0.6 is 0 Å². The molecule has 9 heavy (non-hydrogen) atoms. The molecule has 3 heteroatoms. The van der Waals surface area contributed by atoms with E-state index >= 15 is 0 Å². The van der Waals surface area contributed by atoms with Gasteiger partial charge in [-0.3, -0.25) is 0 Å². The summed E-state index contributed by atoms with van der Waals surface area (Å²) in [4.78, 5) is 0. The number of hydrogen-bond donors (Lipinski definition) is 2. The number of nitrogens with one attached hydrogen (secondary N) is 1. The molecule has 0 saturated heterocycles. The highest BCUT2D eigenvalue weighted by Gasteiger charge is 1.91. The largest absolute Gasteiger partial charge is 0.392 e. The molecule has 56 valence electrons. The molecule has 2 N–H and O–H groups in total. The van der Waals surface area contributed by atoms with Crippen molar-refractivity contribution in [3.8, 4) is 0 Å². The zero-order valence-corrected chi connectivity index (χ0v) is 6.05. The van der Waals surface area contributed by atoms with Crippen LogP contribution in [0.5, 0.6) is 0 Å². The van der Waals surface area contributed by atoms with Crippen molar-refractivity contribution in [1.29, 1.82) is 0 Å². The van der Waals surface area contributed by atoms with Gasteiger partial charge in [-0.25, -0.2) is 0 Å². The van der Waals surface area contributed by atoms with E-state index in [1.165, 1.54) is 0 Å². The van der Waals surface area contributed by atoms with Gasteiger partial charge in [-0.1, -0.05) is 0 Å². The lowest BCUT2D eigenvalue weighted by molar-refractivity contribution is 0.172. The molecule has 0 amide bonds. The van der Waals surface area contributed by atoms with E-state index in [9.17, 15) is 0 Å². The first-order valence-electron chi connectivity index (χ1n) is 3.15. The fourth-order valence-electron chi connectivity index (χ4n) is 0.485. The molecule has 0 spiro atoms. The van der Waals surface area contributed by atoms with Crippen molar-refractivity contribution in [2.75, 3.05) is 26.8 Å². The minimum Gasteiger partial charge on any atom is -0.392 e. The average Bonchev–Trinajstić information content (AvgIpc) is 1.80. The Kier molecular flexibility index (Phi) is 5.93. The lowest BCUT2D eigenvalue weighted by atomic mass is 10.4. The molecule has 0 aromatic rings. The van der Waals surface area contributed by atoms with Gasteiger partial charge in [0.05, 0.1) is 12.7 Å². The van der Waals surface area contributed by atoms with Gasteiger partial charge in [0, 0.05) is 20.2 Å². The minimum absolute atomic E-state index is 0.262. The summed E-state index contributed by atoms with van der Waals surface area (Å²) in [6.45, 7) is 3.90. The molecule has 0 heterocycles. The molecule has 0 unspecified atom stereocenters. The van der Waals surface area contributed by atoms with Gasteiger partial charge in [0.1, 0.15) is 0 Å². The predicted octanol–water partition coefficient (Wildman–Crippen LogP) is -0.397. The Balaban J connectivity index is 2.75. The van der Waals surface area contributed by atoms with Crippen molar-refractivity contribution in [3.63, 3.8) is 0 Å². The SMILES string of the molecule is COCCNC[C@H](C)O. The van der Waals surface area contributed by atoms with Crippen molar-refractivity contribution in [2.24, 2.45) is 0 Å². The van der Waals surface area contributed by atoms with Crippen LogP contribution in [0.15, 0.2) is 0 Å². The summed E-state index contributed by atoms with van der Waals surface area (Å²) < 4.78 is 4.78. The van der Waals surface area contributed by atoms with E-state index in [0.29, 0.717) is 13.2 Å². The predicted molar refractivity (Wildman–Crippen MR) is 36.4 cm³/mol. The van der Waals surface area contributed by atoms with Crippen molar-refractivity contribution in [3.05, 3.63) is 0 Å². The van der Waals surface area contributed by atoms with Gasteiger partial charge in [0.25, 0.3) is 0 Å². The number of aliphatic hydroxyl groups is 1. The maximum atomic E-state index is 8.75. The molecule has 0 saturated carbocycles. The van der Waals surface area contributed by atoms with E-state index in [1.54, 1.807) is 14.0 Å². The van der Waals surface area contributed by atoms with Gasteiger partial charge < -0.3 is 15.2 Å². The molecule has 1 atom stereocenters. The highest BCUT2D eigenvalue weighted by Crippen LogP contribution is 1.73. The minimum atomic E-state index is -0.262. The van der Waals surface area contributed by atoms with E-state index in [2.05, 4.69) is 5.32 Å². The van der Waals surface area contributed by atoms with Crippen LogP contribution in [0.1, 0.15) is 6.92 Å². The zero-order valence-electron chi connectivity index (χ0n) is 6.05. The molecule has 0 aliphatic carbocycles. The quantitative estimate of drug-likeness (QED) is 0.501. The highest BCUT2D eigenvalue weighted by molar-refractivity contribution is 4.50. The van der Waals surface area contributed by atoms with E-state index in [0.717, 1.165) is 6.54 Å². The van der Waals surface area contributed by atoms with Crippen LogP contribution < -0.4 is 5.32 Å². The second kappa shape index (κ2) is 6.01. The Labute approximate surface area is 56.0 Å². The average molecular weight is 133 g/mol. The summed E-state index contributed by atoms with van der Waals surface area (Å²) in [5.74, 6) is 0. The first kappa shape index (κ1) is 8.88. The third-order valence-electron chi connectivity index (χ3n) is 0.923. The Morgan fingerprint density at radius 1 is 1.67 bits per heavy atom. The van der Waals surface area contributed by atoms with E-state index in [4.69, 9.17) is 9.84 Å². The lowest BCUT2D eigenvalue weighted by Crippen LogP contribution is -2.27. The first-order valence-corrected chi connectivity index (χ1v) is 3.15. The molecule has 0 aromatic carbocycles. The van der Waals surface area contributed by atoms with Crippen molar-refractivity contribution >= 4 is 0 Å². The topological polar surface area (TPSA) is 41.5 Å². The Morgan fingerprint density at radius 3 is 2.78 bits per heavy atom. The van der Waals surface area contributed by atoms with Gasteiger partial charge in [0.2, 0.25) is 0 Å². The molecule has 3 nitrogen and oxygen atoms in total. The number of methoxy groups -OCH3 is 1. The third kappa shape index (κ3) is 7.88. The zero-order chi connectivity index (χ0) is 7.11. The number of ether oxygens (including phenoxy) is 1. The number of aliphatic hydroxyl groups excluding tert-OH is 1. The van der Waals surface area contributed by atoms with E-state index in [-0.39, 0.29) is 6.10 Å². The summed E-state index contributed by atoms with van der Waals surface area (Å²) >= 11 is 0. The Morgan fingerprint density at radius 2 is 2.33 bits per heavy atom. The lowest BCUT2D eigenvalue weighted by Gasteiger charge is -2.04. The Bertz CT molecular complexity index is 57.0. The maximum absolute atomic E-state index is 8.75. The molecular formula is C6H15NO2. The van der Waals surface area contributed by atoms with Crippen molar-refractivity contribution in [2.45, 2.75) is 13.0 Å². The van der Waals surface area contributed by atoms with Crippen LogP contribution in [0, 0.1) is 0 Å². The molecule has 0 radical (unpaired) electrons. The van der Waals surface area contributed by atoms with Gasteiger partial charge in [0.15, 0.2) is 0 Å². The summed E-state index contributed by atoms with van der Waals surface area (Å²) in [5, 5.41) is 11.8. The van der Waals surface area contributed by atoms with Gasteiger partial charge >= 0.3 is 0 Å². The van der Waals surface area contributed by atoms with Gasteiger partial charge in [-0.15, -0.1) is 0 Å². The van der Waals surface area contributed by atoms with Gasteiger partial charge in [-0.05, 0) is 6.92 Å². The van der Waals surface area contributed by atoms with Crippen LogP contribution in [0.2, 0.25) is 0 Å². The van der Waals surface area contributed by atoms with E-state index in [1.807, 2.05) is 0 Å². The van der Waals surface area contributed by atoms with Crippen LogP contribution in [-0.2, 0) is 4.74 Å². The highest BCUT2D eigenvalue weighted by atomic mass is 16.5. The first-order chi connectivity index (χ1) is 4.27. The number of hydrogen-bond acceptors (Lipinski definition) is 3. The second-order valence-electron chi connectivity index (χ2n) is 2.05. The van der Waals surface area contributed by atoms with Crippen LogP contribution in [0.4, 0.5) is 0 Å². The molecular weight excluding hydrogens is 118 g/mol. The summed E-state index contributed by atoms with van der Waals surface area (Å²) in [5.41, 5.74) is 0. The number of rotatable bonds is 5. The fourth-order valence-corrected chi connectivity index (χ4v) is 0.485.